The number of fused-ring (bicyclic) bond motifs is 6. The Labute approximate surface area is 226 Å². The molecule has 1 aliphatic carbocycles. The maximum atomic E-state index is 6.46. The fourth-order valence-corrected chi connectivity index (χ4v) is 7.85. The lowest BCUT2D eigenvalue weighted by Crippen LogP contribution is -2.52. The van der Waals surface area contributed by atoms with Crippen molar-refractivity contribution < 1.29 is 9.47 Å². The van der Waals surface area contributed by atoms with Crippen molar-refractivity contribution in [2.45, 2.75) is 59.2 Å². The standard InChI is InChI=1S/C34H38N2O2/c1-33(2)16-28(36-19-27-15-13-25-9-5-7-11-30(25)32(27)38-23-36)17-34(3,20-33)21-35-18-26-14-12-24-8-4-6-10-29(24)31(26)37-22-35/h4-15,28H,16-23H2,1-3H3. The second-order valence-corrected chi connectivity index (χ2v) is 13.0. The molecule has 4 aromatic carbocycles. The van der Waals surface area contributed by atoms with E-state index in [4.69, 9.17) is 9.47 Å². The van der Waals surface area contributed by atoms with Gasteiger partial charge in [-0.25, -0.2) is 0 Å². The number of hydrogen-bond acceptors (Lipinski definition) is 4. The van der Waals surface area contributed by atoms with Gasteiger partial charge in [-0.2, -0.15) is 0 Å². The van der Waals surface area contributed by atoms with E-state index in [1.54, 1.807) is 0 Å². The Kier molecular flexibility index (Phi) is 5.68. The SMILES string of the molecule is CC1(C)CC(N2COc3c(ccc4ccccc34)C2)CC(C)(CN2COc3c(ccc4ccccc34)C2)C1. The van der Waals surface area contributed by atoms with E-state index in [-0.39, 0.29) is 10.8 Å². The Bertz CT molecular complexity index is 1510. The van der Waals surface area contributed by atoms with E-state index in [9.17, 15) is 0 Å². The normalized spacial score (nSPS) is 25.4. The minimum absolute atomic E-state index is 0.216. The molecule has 0 amide bonds. The Hall–Kier alpha value is -3.08. The molecule has 2 aliphatic heterocycles. The van der Waals surface area contributed by atoms with E-state index in [2.05, 4.69) is 103 Å². The van der Waals surface area contributed by atoms with Gasteiger partial charge in [-0.3, -0.25) is 9.80 Å². The van der Waals surface area contributed by atoms with Gasteiger partial charge in [0, 0.05) is 47.6 Å². The van der Waals surface area contributed by atoms with Gasteiger partial charge in [0.25, 0.3) is 0 Å². The number of benzene rings is 4. The first-order chi connectivity index (χ1) is 18.4. The predicted octanol–water partition coefficient (Wildman–Crippen LogP) is 7.58. The maximum Gasteiger partial charge on any atom is 0.142 e. The van der Waals surface area contributed by atoms with E-state index in [1.165, 1.54) is 51.9 Å². The molecular weight excluding hydrogens is 468 g/mol. The molecule has 2 unspecified atom stereocenters. The smallest absolute Gasteiger partial charge is 0.142 e. The van der Waals surface area contributed by atoms with Crippen molar-refractivity contribution in [2.75, 3.05) is 20.0 Å². The average Bonchev–Trinajstić information content (AvgIpc) is 2.91. The zero-order valence-corrected chi connectivity index (χ0v) is 22.9. The highest BCUT2D eigenvalue weighted by Gasteiger charge is 2.45. The zero-order valence-electron chi connectivity index (χ0n) is 22.9. The fraction of sp³-hybridized carbons (Fsp3) is 0.412. The minimum Gasteiger partial charge on any atom is -0.477 e. The van der Waals surface area contributed by atoms with Gasteiger partial charge in [-0.05, 0) is 40.9 Å². The third-order valence-corrected chi connectivity index (χ3v) is 9.00. The summed E-state index contributed by atoms with van der Waals surface area (Å²) >= 11 is 0. The van der Waals surface area contributed by atoms with Crippen LogP contribution in [0, 0.1) is 10.8 Å². The quantitative estimate of drug-likeness (QED) is 0.286. The molecule has 0 bridgehead atoms. The van der Waals surface area contributed by atoms with Crippen LogP contribution in [0.5, 0.6) is 11.5 Å². The number of nitrogens with zero attached hydrogens (tertiary/aromatic N) is 2. The first-order valence-electron chi connectivity index (χ1n) is 14.1. The van der Waals surface area contributed by atoms with Crippen molar-refractivity contribution in [3.63, 3.8) is 0 Å². The van der Waals surface area contributed by atoms with Crippen molar-refractivity contribution >= 4 is 21.5 Å². The summed E-state index contributed by atoms with van der Waals surface area (Å²) in [5, 5.41) is 4.97. The van der Waals surface area contributed by atoms with Crippen LogP contribution in [0.25, 0.3) is 21.5 Å². The Balaban J connectivity index is 1.10. The second-order valence-electron chi connectivity index (χ2n) is 13.0. The number of hydrogen-bond donors (Lipinski definition) is 0. The Morgan fingerprint density at radius 3 is 2.00 bits per heavy atom. The van der Waals surface area contributed by atoms with Gasteiger partial charge < -0.3 is 9.47 Å². The van der Waals surface area contributed by atoms with Crippen molar-refractivity contribution in [1.29, 1.82) is 0 Å². The zero-order chi connectivity index (χ0) is 25.9. The fourth-order valence-electron chi connectivity index (χ4n) is 7.85. The van der Waals surface area contributed by atoms with Crippen LogP contribution in [0.2, 0.25) is 0 Å². The van der Waals surface area contributed by atoms with Crippen LogP contribution in [0.3, 0.4) is 0 Å². The van der Waals surface area contributed by atoms with Crippen LogP contribution in [-0.4, -0.2) is 35.8 Å². The highest BCUT2D eigenvalue weighted by molar-refractivity contribution is 5.90. The van der Waals surface area contributed by atoms with Gasteiger partial charge in [0.15, 0.2) is 0 Å². The van der Waals surface area contributed by atoms with E-state index in [0.29, 0.717) is 19.5 Å². The maximum absolute atomic E-state index is 6.46. The molecule has 38 heavy (non-hydrogen) atoms. The molecular formula is C34H38N2O2. The molecule has 0 N–H and O–H groups in total. The van der Waals surface area contributed by atoms with Gasteiger partial charge in [0.1, 0.15) is 25.0 Å². The summed E-state index contributed by atoms with van der Waals surface area (Å²) in [4.78, 5) is 5.11. The monoisotopic (exact) mass is 506 g/mol. The Morgan fingerprint density at radius 2 is 1.32 bits per heavy atom. The van der Waals surface area contributed by atoms with Crippen LogP contribution < -0.4 is 9.47 Å². The topological polar surface area (TPSA) is 24.9 Å². The van der Waals surface area contributed by atoms with E-state index in [1.807, 2.05) is 0 Å². The summed E-state index contributed by atoms with van der Waals surface area (Å²) < 4.78 is 12.9. The molecule has 0 aromatic heterocycles. The third kappa shape index (κ3) is 4.34. The highest BCUT2D eigenvalue weighted by Crippen LogP contribution is 2.49. The number of ether oxygens (including phenoxy) is 2. The molecule has 1 fully saturated rings. The van der Waals surface area contributed by atoms with Crippen LogP contribution in [-0.2, 0) is 13.1 Å². The van der Waals surface area contributed by atoms with Gasteiger partial charge in [0.05, 0.1) is 0 Å². The minimum atomic E-state index is 0.216. The molecule has 4 aromatic rings. The van der Waals surface area contributed by atoms with Crippen LogP contribution in [0.1, 0.15) is 51.2 Å². The summed E-state index contributed by atoms with van der Waals surface area (Å²) in [5.41, 5.74) is 3.12. The lowest BCUT2D eigenvalue weighted by Gasteiger charge is -2.51. The summed E-state index contributed by atoms with van der Waals surface area (Å²) in [7, 11) is 0. The molecule has 2 heterocycles. The molecule has 7 rings (SSSR count). The molecule has 4 nitrogen and oxygen atoms in total. The molecule has 3 aliphatic rings. The second kappa shape index (κ2) is 9.00. The van der Waals surface area contributed by atoms with Crippen molar-refractivity contribution in [3.8, 4) is 11.5 Å². The summed E-state index contributed by atoms with van der Waals surface area (Å²) in [6, 6.07) is 26.6. The average molecular weight is 507 g/mol. The molecule has 2 atom stereocenters. The molecule has 0 spiro atoms. The van der Waals surface area contributed by atoms with Gasteiger partial charge in [-0.15, -0.1) is 0 Å². The van der Waals surface area contributed by atoms with E-state index in [0.717, 1.165) is 31.1 Å². The summed E-state index contributed by atoms with van der Waals surface area (Å²) in [6.07, 6.45) is 3.62. The van der Waals surface area contributed by atoms with Gasteiger partial charge in [0.2, 0.25) is 0 Å². The van der Waals surface area contributed by atoms with Crippen LogP contribution in [0.4, 0.5) is 0 Å². The van der Waals surface area contributed by atoms with Crippen molar-refractivity contribution in [3.05, 3.63) is 83.9 Å². The van der Waals surface area contributed by atoms with E-state index < -0.39 is 0 Å². The Morgan fingerprint density at radius 1 is 0.711 bits per heavy atom. The first-order valence-corrected chi connectivity index (χ1v) is 14.1. The van der Waals surface area contributed by atoms with Gasteiger partial charge >= 0.3 is 0 Å². The largest absolute Gasteiger partial charge is 0.477 e. The van der Waals surface area contributed by atoms with Crippen molar-refractivity contribution in [1.82, 2.24) is 9.80 Å². The first kappa shape index (κ1) is 24.0. The van der Waals surface area contributed by atoms with Crippen molar-refractivity contribution in [2.24, 2.45) is 10.8 Å². The molecule has 0 radical (unpaired) electrons. The molecule has 1 saturated carbocycles. The summed E-state index contributed by atoms with van der Waals surface area (Å²) in [6.45, 7) is 11.7. The molecule has 196 valence electrons. The molecule has 4 heteroatoms. The molecule has 0 saturated heterocycles. The van der Waals surface area contributed by atoms with E-state index >= 15 is 0 Å². The third-order valence-electron chi connectivity index (χ3n) is 9.00. The van der Waals surface area contributed by atoms with Crippen LogP contribution in [0.15, 0.2) is 72.8 Å². The summed E-state index contributed by atoms with van der Waals surface area (Å²) in [5.74, 6) is 2.15. The highest BCUT2D eigenvalue weighted by atomic mass is 16.5. The predicted molar refractivity (Wildman–Crippen MR) is 154 cm³/mol. The lowest BCUT2D eigenvalue weighted by atomic mass is 9.62. The number of rotatable bonds is 3. The van der Waals surface area contributed by atoms with Gasteiger partial charge in [-0.1, -0.05) is 93.6 Å². The lowest BCUT2D eigenvalue weighted by molar-refractivity contribution is -0.0472. The van der Waals surface area contributed by atoms with Crippen LogP contribution >= 0.6 is 0 Å².